The second-order valence-corrected chi connectivity index (χ2v) is 5.96. The first-order valence-corrected chi connectivity index (χ1v) is 8.21. The van der Waals surface area contributed by atoms with Crippen molar-refractivity contribution >= 4 is 0 Å². The van der Waals surface area contributed by atoms with E-state index >= 15 is 0 Å². The van der Waals surface area contributed by atoms with E-state index in [2.05, 4.69) is 6.58 Å². The fourth-order valence-corrected chi connectivity index (χ4v) is 3.23. The standard InChI is InChI=1S/C18H25NO4/c1-4-15(16(5-2)19(20)21)13-10-11-17(22-3)18(12-13)23-14-8-6-7-9-14/h4,10-12,14-16H,1,5-9H2,2-3H3/t15-,16-/m1/s1. The van der Waals surface area contributed by atoms with Gasteiger partial charge in [0.05, 0.1) is 19.1 Å². The highest BCUT2D eigenvalue weighted by atomic mass is 16.6. The summed E-state index contributed by atoms with van der Waals surface area (Å²) in [5.74, 6) is 0.992. The number of nitro groups is 1. The van der Waals surface area contributed by atoms with Crippen LogP contribution in [0.1, 0.15) is 50.5 Å². The summed E-state index contributed by atoms with van der Waals surface area (Å²) in [6.07, 6.45) is 6.77. The SMILES string of the molecule is C=C[C@H](c1ccc(OC)c(OC2CCCC2)c1)[C@@H](CC)[N+](=O)[O-]. The van der Waals surface area contributed by atoms with Gasteiger partial charge >= 0.3 is 0 Å². The number of hydrogen-bond acceptors (Lipinski definition) is 4. The summed E-state index contributed by atoms with van der Waals surface area (Å²) in [6.45, 7) is 5.61. The Morgan fingerprint density at radius 1 is 1.39 bits per heavy atom. The fourth-order valence-electron chi connectivity index (χ4n) is 3.23. The Balaban J connectivity index is 2.30. The molecule has 0 heterocycles. The Bertz CT molecular complexity index is 552. The molecule has 0 aliphatic heterocycles. The van der Waals surface area contributed by atoms with E-state index in [-0.39, 0.29) is 16.9 Å². The lowest BCUT2D eigenvalue weighted by Gasteiger charge is -2.20. The molecule has 1 aromatic carbocycles. The summed E-state index contributed by atoms with van der Waals surface area (Å²) < 4.78 is 11.5. The minimum atomic E-state index is -0.680. The molecule has 5 nitrogen and oxygen atoms in total. The number of nitrogens with zero attached hydrogens (tertiary/aromatic N) is 1. The first-order valence-electron chi connectivity index (χ1n) is 8.21. The van der Waals surface area contributed by atoms with Gasteiger partial charge in [0.1, 0.15) is 0 Å². The molecule has 0 amide bonds. The van der Waals surface area contributed by atoms with Gasteiger partial charge in [0, 0.05) is 11.3 Å². The van der Waals surface area contributed by atoms with Crippen molar-refractivity contribution in [3.8, 4) is 11.5 Å². The van der Waals surface area contributed by atoms with Crippen LogP contribution in [-0.2, 0) is 0 Å². The van der Waals surface area contributed by atoms with Crippen LogP contribution in [0.5, 0.6) is 11.5 Å². The third-order valence-corrected chi connectivity index (χ3v) is 4.53. The van der Waals surface area contributed by atoms with Crippen LogP contribution in [0.4, 0.5) is 0 Å². The number of hydrogen-bond donors (Lipinski definition) is 0. The normalized spacial score (nSPS) is 17.5. The first kappa shape index (κ1) is 17.3. The molecule has 126 valence electrons. The van der Waals surface area contributed by atoms with Crippen LogP contribution >= 0.6 is 0 Å². The van der Waals surface area contributed by atoms with E-state index in [1.807, 2.05) is 25.1 Å². The smallest absolute Gasteiger partial charge is 0.223 e. The molecule has 23 heavy (non-hydrogen) atoms. The molecule has 0 saturated heterocycles. The molecule has 0 bridgehead atoms. The third-order valence-electron chi connectivity index (χ3n) is 4.53. The largest absolute Gasteiger partial charge is 0.493 e. The van der Waals surface area contributed by atoms with E-state index in [9.17, 15) is 10.1 Å². The van der Waals surface area contributed by atoms with Crippen molar-refractivity contribution in [1.82, 2.24) is 0 Å². The minimum absolute atomic E-state index is 0.207. The second kappa shape index (κ2) is 7.99. The Hall–Kier alpha value is -2.04. The quantitative estimate of drug-likeness (QED) is 0.406. The molecule has 1 aliphatic carbocycles. The van der Waals surface area contributed by atoms with E-state index < -0.39 is 6.04 Å². The van der Waals surface area contributed by atoms with E-state index in [4.69, 9.17) is 9.47 Å². The number of benzene rings is 1. The predicted molar refractivity (Wildman–Crippen MR) is 89.9 cm³/mol. The van der Waals surface area contributed by atoms with Gasteiger partial charge < -0.3 is 9.47 Å². The summed E-state index contributed by atoms with van der Waals surface area (Å²) in [6, 6.07) is 4.87. The first-order chi connectivity index (χ1) is 11.1. The lowest BCUT2D eigenvalue weighted by atomic mass is 9.90. The highest BCUT2D eigenvalue weighted by molar-refractivity contribution is 5.45. The fraction of sp³-hybridized carbons (Fsp3) is 0.556. The summed E-state index contributed by atoms with van der Waals surface area (Å²) >= 11 is 0. The van der Waals surface area contributed by atoms with Crippen LogP contribution in [0.2, 0.25) is 0 Å². The molecule has 1 fully saturated rings. The van der Waals surface area contributed by atoms with Gasteiger partial charge in [-0.1, -0.05) is 19.1 Å². The van der Waals surface area contributed by atoms with Gasteiger partial charge in [0.2, 0.25) is 6.04 Å². The highest BCUT2D eigenvalue weighted by Crippen LogP contribution is 2.36. The molecule has 0 unspecified atom stereocenters. The van der Waals surface area contributed by atoms with Crippen molar-refractivity contribution in [3.05, 3.63) is 46.5 Å². The van der Waals surface area contributed by atoms with Crippen LogP contribution in [0.3, 0.4) is 0 Å². The lowest BCUT2D eigenvalue weighted by molar-refractivity contribution is -0.525. The van der Waals surface area contributed by atoms with Gasteiger partial charge in [0.25, 0.3) is 0 Å². The van der Waals surface area contributed by atoms with Crippen LogP contribution in [0.15, 0.2) is 30.9 Å². The average molecular weight is 319 g/mol. The molecule has 2 rings (SSSR count). The van der Waals surface area contributed by atoms with Crippen molar-refractivity contribution in [2.24, 2.45) is 0 Å². The summed E-state index contributed by atoms with van der Waals surface area (Å²) in [7, 11) is 1.60. The number of methoxy groups -OCH3 is 1. The maximum atomic E-state index is 11.3. The van der Waals surface area contributed by atoms with Gasteiger partial charge in [-0.25, -0.2) is 0 Å². The maximum absolute atomic E-state index is 11.3. The third kappa shape index (κ3) is 4.03. The van der Waals surface area contributed by atoms with Crippen LogP contribution in [-0.4, -0.2) is 24.2 Å². The molecule has 1 saturated carbocycles. The zero-order chi connectivity index (χ0) is 16.8. The van der Waals surface area contributed by atoms with E-state index in [0.717, 1.165) is 18.4 Å². The van der Waals surface area contributed by atoms with Crippen molar-refractivity contribution < 1.29 is 14.4 Å². The van der Waals surface area contributed by atoms with Crippen molar-refractivity contribution in [3.63, 3.8) is 0 Å². The molecule has 0 spiro atoms. The van der Waals surface area contributed by atoms with Crippen LogP contribution < -0.4 is 9.47 Å². The molecule has 2 atom stereocenters. The summed E-state index contributed by atoms with van der Waals surface area (Å²) in [4.78, 5) is 11.1. The number of ether oxygens (including phenoxy) is 2. The molecule has 1 aromatic rings. The van der Waals surface area contributed by atoms with Gasteiger partial charge in [-0.2, -0.15) is 0 Å². The second-order valence-electron chi connectivity index (χ2n) is 5.96. The topological polar surface area (TPSA) is 61.6 Å². The molecular formula is C18H25NO4. The van der Waals surface area contributed by atoms with Crippen LogP contribution in [0.25, 0.3) is 0 Å². The zero-order valence-electron chi connectivity index (χ0n) is 13.9. The van der Waals surface area contributed by atoms with Crippen molar-refractivity contribution in [2.45, 2.75) is 57.1 Å². The van der Waals surface area contributed by atoms with Gasteiger partial charge in [-0.3, -0.25) is 10.1 Å². The molecule has 0 N–H and O–H groups in total. The predicted octanol–water partition coefficient (Wildman–Crippen LogP) is 4.34. The summed E-state index contributed by atoms with van der Waals surface area (Å²) in [5.41, 5.74) is 0.845. The van der Waals surface area contributed by atoms with Gasteiger partial charge in [-0.05, 0) is 43.4 Å². The molecule has 0 aromatic heterocycles. The molecule has 0 radical (unpaired) electrons. The van der Waals surface area contributed by atoms with E-state index in [1.165, 1.54) is 12.8 Å². The monoisotopic (exact) mass is 319 g/mol. The van der Waals surface area contributed by atoms with E-state index in [0.29, 0.717) is 17.9 Å². The Morgan fingerprint density at radius 3 is 2.61 bits per heavy atom. The number of rotatable bonds is 8. The van der Waals surface area contributed by atoms with Crippen molar-refractivity contribution in [1.29, 1.82) is 0 Å². The highest BCUT2D eigenvalue weighted by Gasteiger charge is 2.29. The van der Waals surface area contributed by atoms with Gasteiger partial charge in [-0.15, -0.1) is 6.58 Å². The Labute approximate surface area is 137 Å². The Morgan fingerprint density at radius 2 is 2.09 bits per heavy atom. The van der Waals surface area contributed by atoms with Crippen LogP contribution in [0, 0.1) is 10.1 Å². The Kier molecular flexibility index (Phi) is 6.02. The zero-order valence-corrected chi connectivity index (χ0v) is 13.9. The average Bonchev–Trinajstić information content (AvgIpc) is 3.05. The maximum Gasteiger partial charge on any atom is 0.223 e. The molecule has 5 heteroatoms. The summed E-state index contributed by atoms with van der Waals surface area (Å²) in [5, 5.41) is 11.3. The van der Waals surface area contributed by atoms with Crippen molar-refractivity contribution in [2.75, 3.05) is 7.11 Å². The molecule has 1 aliphatic rings. The lowest BCUT2D eigenvalue weighted by Crippen LogP contribution is -2.25. The molecular weight excluding hydrogens is 294 g/mol. The van der Waals surface area contributed by atoms with E-state index in [1.54, 1.807) is 13.2 Å². The minimum Gasteiger partial charge on any atom is -0.493 e. The van der Waals surface area contributed by atoms with Gasteiger partial charge in [0.15, 0.2) is 11.5 Å².